The van der Waals surface area contributed by atoms with E-state index in [1.54, 1.807) is 18.5 Å². The molecule has 0 atom stereocenters. The molecule has 0 spiro atoms. The zero-order chi connectivity index (χ0) is 13.8. The number of rotatable bonds is 4. The Bertz CT molecular complexity index is 560. The summed E-state index contributed by atoms with van der Waals surface area (Å²) in [4.78, 5) is 6.04. The zero-order valence-corrected chi connectivity index (χ0v) is 12.8. The fourth-order valence-corrected chi connectivity index (χ4v) is 2.39. The summed E-state index contributed by atoms with van der Waals surface area (Å²) in [7, 11) is 0. The first-order valence-electron chi connectivity index (χ1n) is 6.00. The van der Waals surface area contributed by atoms with Gasteiger partial charge >= 0.3 is 0 Å². The molecule has 1 aromatic heterocycles. The van der Waals surface area contributed by atoms with Gasteiger partial charge in [0.05, 0.1) is 14.9 Å². The van der Waals surface area contributed by atoms with Gasteiger partial charge < -0.3 is 10.6 Å². The molecular formula is C14H15FIN3. The molecule has 0 aliphatic heterocycles. The molecule has 0 bridgehead atoms. The molecule has 0 radical (unpaired) electrons. The third kappa shape index (κ3) is 3.34. The monoisotopic (exact) mass is 371 g/mol. The highest BCUT2D eigenvalue weighted by atomic mass is 127. The van der Waals surface area contributed by atoms with E-state index in [1.807, 2.05) is 46.5 Å². The molecule has 0 amide bonds. The Hall–Kier alpha value is -1.37. The van der Waals surface area contributed by atoms with Gasteiger partial charge in [-0.2, -0.15) is 0 Å². The molecule has 0 saturated heterocycles. The smallest absolute Gasteiger partial charge is 0.138 e. The molecule has 19 heavy (non-hydrogen) atoms. The first-order chi connectivity index (χ1) is 9.11. The molecule has 2 aromatic rings. The van der Waals surface area contributed by atoms with Gasteiger partial charge in [-0.25, -0.2) is 4.39 Å². The van der Waals surface area contributed by atoms with Crippen LogP contribution in [0.5, 0.6) is 0 Å². The number of pyridine rings is 1. The minimum atomic E-state index is -0.238. The third-order valence-corrected chi connectivity index (χ3v) is 3.74. The second kappa shape index (κ2) is 6.18. The number of nitrogens with two attached hydrogens (primary N) is 1. The average molecular weight is 371 g/mol. The van der Waals surface area contributed by atoms with Crippen molar-refractivity contribution in [3.8, 4) is 0 Å². The number of nitrogen functional groups attached to an aromatic ring is 1. The maximum atomic E-state index is 13.7. The van der Waals surface area contributed by atoms with Crippen molar-refractivity contribution in [1.82, 2.24) is 4.98 Å². The molecule has 0 fully saturated rings. The van der Waals surface area contributed by atoms with Gasteiger partial charge in [0.25, 0.3) is 0 Å². The van der Waals surface area contributed by atoms with Gasteiger partial charge in [0.15, 0.2) is 0 Å². The van der Waals surface area contributed by atoms with Crippen LogP contribution < -0.4 is 10.6 Å². The normalized spacial score (nSPS) is 10.5. The zero-order valence-electron chi connectivity index (χ0n) is 10.6. The molecule has 5 heteroatoms. The quantitative estimate of drug-likeness (QED) is 0.662. The summed E-state index contributed by atoms with van der Waals surface area (Å²) < 4.78 is 14.2. The van der Waals surface area contributed by atoms with Gasteiger partial charge in [-0.1, -0.05) is 0 Å². The van der Waals surface area contributed by atoms with E-state index in [-0.39, 0.29) is 5.82 Å². The number of nitrogens with zero attached hydrogens (tertiary/aromatic N) is 2. The second-order valence-corrected chi connectivity index (χ2v) is 5.36. The average Bonchev–Trinajstić information content (AvgIpc) is 2.42. The Morgan fingerprint density at radius 2 is 2.00 bits per heavy atom. The Labute approximate surface area is 125 Å². The van der Waals surface area contributed by atoms with E-state index in [2.05, 4.69) is 4.98 Å². The summed E-state index contributed by atoms with van der Waals surface area (Å²) in [6.45, 7) is 3.46. The highest BCUT2D eigenvalue weighted by molar-refractivity contribution is 14.1. The number of benzene rings is 1. The van der Waals surface area contributed by atoms with E-state index in [9.17, 15) is 4.39 Å². The number of anilines is 2. The van der Waals surface area contributed by atoms with Crippen LogP contribution >= 0.6 is 22.6 Å². The van der Waals surface area contributed by atoms with Crippen molar-refractivity contribution >= 4 is 34.0 Å². The number of aromatic nitrogens is 1. The molecule has 0 saturated carbocycles. The van der Waals surface area contributed by atoms with Crippen LogP contribution in [0.2, 0.25) is 0 Å². The Morgan fingerprint density at radius 3 is 2.63 bits per heavy atom. The van der Waals surface area contributed by atoms with E-state index < -0.39 is 0 Å². The first kappa shape index (κ1) is 14.0. The van der Waals surface area contributed by atoms with Crippen molar-refractivity contribution in [2.24, 2.45) is 0 Å². The summed E-state index contributed by atoms with van der Waals surface area (Å²) in [5.41, 5.74) is 8.45. The van der Waals surface area contributed by atoms with E-state index in [1.165, 1.54) is 6.07 Å². The Morgan fingerprint density at radius 1 is 1.32 bits per heavy atom. The van der Waals surface area contributed by atoms with Crippen LogP contribution in [0, 0.1) is 9.39 Å². The number of halogens is 2. The van der Waals surface area contributed by atoms with Crippen LogP contribution in [0.3, 0.4) is 0 Å². The minimum Gasteiger partial charge on any atom is -0.397 e. The number of hydrogen-bond acceptors (Lipinski definition) is 3. The van der Waals surface area contributed by atoms with Gasteiger partial charge in [-0.3, -0.25) is 4.98 Å². The van der Waals surface area contributed by atoms with Gasteiger partial charge in [0.1, 0.15) is 5.82 Å². The third-order valence-electron chi connectivity index (χ3n) is 2.91. The maximum Gasteiger partial charge on any atom is 0.138 e. The lowest BCUT2D eigenvalue weighted by molar-refractivity contribution is 0.619. The van der Waals surface area contributed by atoms with Crippen molar-refractivity contribution in [3.05, 3.63) is 51.6 Å². The molecular weight excluding hydrogens is 356 g/mol. The van der Waals surface area contributed by atoms with Crippen molar-refractivity contribution in [1.29, 1.82) is 0 Å². The molecule has 100 valence electrons. The Balaban J connectivity index is 2.30. The van der Waals surface area contributed by atoms with E-state index in [0.717, 1.165) is 17.8 Å². The van der Waals surface area contributed by atoms with E-state index in [0.29, 0.717) is 15.8 Å². The summed E-state index contributed by atoms with van der Waals surface area (Å²) in [5, 5.41) is 0. The molecule has 2 rings (SSSR count). The lowest BCUT2D eigenvalue weighted by Gasteiger charge is -2.25. The fraction of sp³-hybridized carbons (Fsp3) is 0.214. The van der Waals surface area contributed by atoms with E-state index >= 15 is 0 Å². The highest BCUT2D eigenvalue weighted by Gasteiger charge is 2.12. The van der Waals surface area contributed by atoms with Crippen LogP contribution in [-0.2, 0) is 6.54 Å². The fourth-order valence-electron chi connectivity index (χ4n) is 1.90. The lowest BCUT2D eigenvalue weighted by Crippen LogP contribution is -2.23. The van der Waals surface area contributed by atoms with Gasteiger partial charge in [-0.15, -0.1) is 0 Å². The predicted octanol–water partition coefficient (Wildman–Crippen LogP) is 3.43. The maximum absolute atomic E-state index is 13.7. The molecule has 0 aliphatic rings. The summed E-state index contributed by atoms with van der Waals surface area (Å²) in [5.74, 6) is -0.238. The van der Waals surface area contributed by atoms with Crippen LogP contribution in [0.4, 0.5) is 15.8 Å². The molecule has 3 nitrogen and oxygen atoms in total. The molecule has 0 aliphatic carbocycles. The van der Waals surface area contributed by atoms with Crippen LogP contribution in [0.1, 0.15) is 12.5 Å². The topological polar surface area (TPSA) is 42.2 Å². The molecule has 0 unspecified atom stereocenters. The Kier molecular flexibility index (Phi) is 4.57. The highest BCUT2D eigenvalue weighted by Crippen LogP contribution is 2.28. The largest absolute Gasteiger partial charge is 0.397 e. The second-order valence-electron chi connectivity index (χ2n) is 4.19. The lowest BCUT2D eigenvalue weighted by atomic mass is 10.2. The summed E-state index contributed by atoms with van der Waals surface area (Å²) in [6, 6.07) is 7.06. The minimum absolute atomic E-state index is 0.238. The van der Waals surface area contributed by atoms with Gasteiger partial charge in [0.2, 0.25) is 0 Å². The van der Waals surface area contributed by atoms with Crippen LogP contribution in [-0.4, -0.2) is 11.5 Å². The summed E-state index contributed by atoms with van der Waals surface area (Å²) >= 11 is 1.94. The SMILES string of the molecule is CCN(Cc1ccncc1)c1cc(F)c(I)cc1N. The summed E-state index contributed by atoms with van der Waals surface area (Å²) in [6.07, 6.45) is 3.50. The molecule has 1 heterocycles. The van der Waals surface area contributed by atoms with Crippen LogP contribution in [0.25, 0.3) is 0 Å². The molecule has 1 aromatic carbocycles. The standard InChI is InChI=1S/C14H15FIN3/c1-2-19(9-10-3-5-18-6-4-10)14-7-11(15)12(16)8-13(14)17/h3-8H,2,9,17H2,1H3. The molecule has 2 N–H and O–H groups in total. The van der Waals surface area contributed by atoms with Crippen molar-refractivity contribution in [2.75, 3.05) is 17.2 Å². The number of hydrogen-bond donors (Lipinski definition) is 1. The van der Waals surface area contributed by atoms with Crippen molar-refractivity contribution in [2.45, 2.75) is 13.5 Å². The predicted molar refractivity (Wildman–Crippen MR) is 84.5 cm³/mol. The van der Waals surface area contributed by atoms with Gasteiger partial charge in [-0.05, 0) is 53.3 Å². The van der Waals surface area contributed by atoms with E-state index in [4.69, 9.17) is 5.73 Å². The van der Waals surface area contributed by atoms with Crippen molar-refractivity contribution < 1.29 is 4.39 Å². The van der Waals surface area contributed by atoms with Gasteiger partial charge in [0, 0.05) is 31.5 Å². The van der Waals surface area contributed by atoms with Crippen molar-refractivity contribution in [3.63, 3.8) is 0 Å². The first-order valence-corrected chi connectivity index (χ1v) is 7.08. The van der Waals surface area contributed by atoms with Crippen LogP contribution in [0.15, 0.2) is 36.7 Å².